The smallest absolute Gasteiger partial charge is 0.319 e. The van der Waals surface area contributed by atoms with Gasteiger partial charge in [-0.3, -0.25) is 4.79 Å². The molecule has 27 heavy (non-hydrogen) atoms. The van der Waals surface area contributed by atoms with Crippen LogP contribution >= 0.6 is 0 Å². The molecule has 3 amide bonds. The molecule has 2 aromatic rings. The molecule has 6 heteroatoms. The van der Waals surface area contributed by atoms with Gasteiger partial charge in [0, 0.05) is 30.9 Å². The third-order valence-corrected chi connectivity index (χ3v) is 4.08. The molecule has 0 aromatic heterocycles. The van der Waals surface area contributed by atoms with Crippen molar-refractivity contribution in [3.05, 3.63) is 54.6 Å². The molecule has 0 fully saturated rings. The number of nitrogens with one attached hydrogen (secondary N) is 2. The molecule has 144 valence electrons. The summed E-state index contributed by atoms with van der Waals surface area (Å²) in [7, 11) is 1.59. The number of carbonyl (C=O) groups is 2. The fourth-order valence-corrected chi connectivity index (χ4v) is 2.59. The maximum absolute atomic E-state index is 12.6. The number of carbonyl (C=O) groups excluding carboxylic acids is 2. The Balaban J connectivity index is 1.82. The Morgan fingerprint density at radius 2 is 1.74 bits per heavy atom. The van der Waals surface area contributed by atoms with Gasteiger partial charge in [0.15, 0.2) is 0 Å². The van der Waals surface area contributed by atoms with Crippen LogP contribution in [0, 0.1) is 0 Å². The normalized spacial score (nSPS) is 10.1. The molecule has 0 radical (unpaired) electrons. The van der Waals surface area contributed by atoms with E-state index in [1.54, 1.807) is 36.3 Å². The van der Waals surface area contributed by atoms with Crippen LogP contribution in [0.4, 0.5) is 16.2 Å². The van der Waals surface area contributed by atoms with E-state index in [1.165, 1.54) is 0 Å². The lowest BCUT2D eigenvalue weighted by atomic mass is 10.2. The van der Waals surface area contributed by atoms with Crippen LogP contribution in [0.2, 0.25) is 0 Å². The van der Waals surface area contributed by atoms with Crippen molar-refractivity contribution in [1.82, 2.24) is 5.32 Å². The van der Waals surface area contributed by atoms with Crippen LogP contribution in [0.15, 0.2) is 54.6 Å². The number of urea groups is 1. The lowest BCUT2D eigenvalue weighted by molar-refractivity contribution is -0.118. The third kappa shape index (κ3) is 6.66. The predicted molar refractivity (Wildman–Crippen MR) is 108 cm³/mol. The lowest BCUT2D eigenvalue weighted by Crippen LogP contribution is -2.36. The molecule has 2 rings (SSSR count). The summed E-state index contributed by atoms with van der Waals surface area (Å²) in [6, 6.07) is 16.3. The number of amides is 3. The van der Waals surface area contributed by atoms with E-state index in [0.29, 0.717) is 12.2 Å². The van der Waals surface area contributed by atoms with Gasteiger partial charge in [-0.05, 0) is 42.8 Å². The van der Waals surface area contributed by atoms with Crippen LogP contribution in [-0.4, -0.2) is 32.1 Å². The Labute approximate surface area is 160 Å². The molecule has 0 bridgehead atoms. The molecule has 0 aliphatic heterocycles. The summed E-state index contributed by atoms with van der Waals surface area (Å²) in [4.78, 5) is 26.4. The summed E-state index contributed by atoms with van der Waals surface area (Å²) < 4.78 is 5.08. The molecule has 0 unspecified atom stereocenters. The summed E-state index contributed by atoms with van der Waals surface area (Å²) in [5.74, 6) is 0.721. The first-order chi connectivity index (χ1) is 13.1. The van der Waals surface area contributed by atoms with Gasteiger partial charge in [0.2, 0.25) is 5.91 Å². The first kappa shape index (κ1) is 20.3. The van der Waals surface area contributed by atoms with E-state index in [4.69, 9.17) is 4.74 Å². The number of benzene rings is 2. The van der Waals surface area contributed by atoms with Crippen molar-refractivity contribution in [2.75, 3.05) is 30.4 Å². The maximum Gasteiger partial charge on any atom is 0.319 e. The molecule has 0 heterocycles. The summed E-state index contributed by atoms with van der Waals surface area (Å²) in [6.45, 7) is 3.05. The largest absolute Gasteiger partial charge is 0.497 e. The summed E-state index contributed by atoms with van der Waals surface area (Å²) >= 11 is 0. The maximum atomic E-state index is 12.6. The molecule has 0 saturated carbocycles. The molecule has 0 aliphatic rings. The second-order valence-corrected chi connectivity index (χ2v) is 6.09. The highest BCUT2D eigenvalue weighted by atomic mass is 16.5. The highest BCUT2D eigenvalue weighted by molar-refractivity contribution is 5.94. The molecule has 6 nitrogen and oxygen atoms in total. The zero-order chi connectivity index (χ0) is 19.5. The fraction of sp³-hybridized carbons (Fsp3) is 0.333. The van der Waals surface area contributed by atoms with Crippen LogP contribution in [0.3, 0.4) is 0 Å². The molecule has 0 aliphatic carbocycles. The van der Waals surface area contributed by atoms with E-state index >= 15 is 0 Å². The van der Waals surface area contributed by atoms with Crippen LogP contribution in [0.1, 0.15) is 26.2 Å². The van der Waals surface area contributed by atoms with Gasteiger partial charge in [-0.1, -0.05) is 31.5 Å². The van der Waals surface area contributed by atoms with Crippen molar-refractivity contribution in [3.63, 3.8) is 0 Å². The van der Waals surface area contributed by atoms with Gasteiger partial charge in [0.1, 0.15) is 5.75 Å². The first-order valence-corrected chi connectivity index (χ1v) is 9.18. The minimum Gasteiger partial charge on any atom is -0.497 e. The number of methoxy groups -OCH3 is 1. The summed E-state index contributed by atoms with van der Waals surface area (Å²) in [6.07, 6.45) is 2.19. The number of para-hydroxylation sites is 1. The fourth-order valence-electron chi connectivity index (χ4n) is 2.59. The van der Waals surface area contributed by atoms with Crippen molar-refractivity contribution in [3.8, 4) is 5.75 Å². The topological polar surface area (TPSA) is 70.7 Å². The van der Waals surface area contributed by atoms with E-state index in [9.17, 15) is 9.59 Å². The van der Waals surface area contributed by atoms with E-state index < -0.39 is 0 Å². The molecule has 2 N–H and O–H groups in total. The summed E-state index contributed by atoms with van der Waals surface area (Å²) in [5, 5.41) is 5.46. The predicted octanol–water partition coefficient (Wildman–Crippen LogP) is 4.04. The minimum atomic E-state index is -0.340. The number of unbranched alkanes of at least 4 members (excludes halogenated alkanes) is 1. The standard InChI is InChI=1S/C21H27N3O3/c1-3-4-16-24(18-8-6-5-7-9-18)20(25)14-15-22-21(26)23-17-10-12-19(27-2)13-11-17/h5-13H,3-4,14-16H2,1-2H3,(H2,22,23,26). The monoisotopic (exact) mass is 369 g/mol. The third-order valence-electron chi connectivity index (χ3n) is 4.08. The van der Waals surface area contributed by atoms with Crippen LogP contribution in [-0.2, 0) is 4.79 Å². The Bertz CT molecular complexity index is 717. The van der Waals surface area contributed by atoms with Gasteiger partial charge in [-0.25, -0.2) is 4.79 Å². The van der Waals surface area contributed by atoms with Gasteiger partial charge in [-0.2, -0.15) is 0 Å². The Kier molecular flexibility index (Phi) is 8.16. The Morgan fingerprint density at radius 3 is 2.37 bits per heavy atom. The van der Waals surface area contributed by atoms with Gasteiger partial charge in [0.25, 0.3) is 0 Å². The van der Waals surface area contributed by atoms with Crippen molar-refractivity contribution >= 4 is 23.3 Å². The molecule has 0 spiro atoms. The van der Waals surface area contributed by atoms with Crippen molar-refractivity contribution < 1.29 is 14.3 Å². The number of anilines is 2. The highest BCUT2D eigenvalue weighted by Gasteiger charge is 2.15. The number of ether oxygens (including phenoxy) is 1. The molecular weight excluding hydrogens is 342 g/mol. The van der Waals surface area contributed by atoms with Crippen molar-refractivity contribution in [1.29, 1.82) is 0 Å². The van der Waals surface area contributed by atoms with Crippen LogP contribution in [0.25, 0.3) is 0 Å². The average molecular weight is 369 g/mol. The highest BCUT2D eigenvalue weighted by Crippen LogP contribution is 2.16. The average Bonchev–Trinajstić information content (AvgIpc) is 2.69. The zero-order valence-corrected chi connectivity index (χ0v) is 15.9. The first-order valence-electron chi connectivity index (χ1n) is 9.18. The molecular formula is C21H27N3O3. The van der Waals surface area contributed by atoms with Gasteiger partial charge >= 0.3 is 6.03 Å². The number of nitrogens with zero attached hydrogens (tertiary/aromatic N) is 1. The molecule has 0 atom stereocenters. The lowest BCUT2D eigenvalue weighted by Gasteiger charge is -2.23. The Hall–Kier alpha value is -3.02. The number of rotatable bonds is 9. The van der Waals surface area contributed by atoms with Gasteiger partial charge < -0.3 is 20.3 Å². The number of hydrogen-bond donors (Lipinski definition) is 2. The summed E-state index contributed by atoms with van der Waals surface area (Å²) in [5.41, 5.74) is 1.55. The number of hydrogen-bond acceptors (Lipinski definition) is 3. The van der Waals surface area contributed by atoms with Gasteiger partial charge in [0.05, 0.1) is 7.11 Å². The van der Waals surface area contributed by atoms with E-state index in [1.807, 2.05) is 30.3 Å². The van der Waals surface area contributed by atoms with Crippen LogP contribution in [0.5, 0.6) is 5.75 Å². The van der Waals surface area contributed by atoms with Gasteiger partial charge in [-0.15, -0.1) is 0 Å². The second-order valence-electron chi connectivity index (χ2n) is 6.09. The van der Waals surface area contributed by atoms with E-state index in [2.05, 4.69) is 17.6 Å². The molecule has 0 saturated heterocycles. The second kappa shape index (κ2) is 10.9. The van der Waals surface area contributed by atoms with Crippen molar-refractivity contribution in [2.24, 2.45) is 0 Å². The minimum absolute atomic E-state index is 0.000558. The molecule has 2 aromatic carbocycles. The van der Waals surface area contributed by atoms with E-state index in [0.717, 1.165) is 24.3 Å². The van der Waals surface area contributed by atoms with Crippen LogP contribution < -0.4 is 20.3 Å². The SMILES string of the molecule is CCCCN(C(=O)CCNC(=O)Nc1ccc(OC)cc1)c1ccccc1. The van der Waals surface area contributed by atoms with E-state index in [-0.39, 0.29) is 24.9 Å². The quantitative estimate of drug-likeness (QED) is 0.701. The Morgan fingerprint density at radius 1 is 1.04 bits per heavy atom. The zero-order valence-electron chi connectivity index (χ0n) is 15.9. The van der Waals surface area contributed by atoms with Crippen molar-refractivity contribution in [2.45, 2.75) is 26.2 Å².